The Kier molecular flexibility index (Phi) is 6.97. The smallest absolute Gasteiger partial charge is 0.274 e. The Bertz CT molecular complexity index is 1550. The maximum Gasteiger partial charge on any atom is 0.274 e. The molecule has 3 aromatic heterocycles. The van der Waals surface area contributed by atoms with Gasteiger partial charge in [-0.1, -0.05) is 42.8 Å². The molecule has 1 unspecified atom stereocenters. The molecule has 1 aliphatic carbocycles. The molecule has 0 bridgehead atoms. The Hall–Kier alpha value is -3.35. The lowest BCUT2D eigenvalue weighted by Crippen LogP contribution is -2.24. The van der Waals surface area contributed by atoms with Crippen LogP contribution in [0.2, 0.25) is 5.02 Å². The maximum absolute atomic E-state index is 13.6. The normalized spacial score (nSPS) is 14.5. The first kappa shape index (κ1) is 26.3. The Morgan fingerprint density at radius 2 is 1.79 bits per heavy atom. The summed E-state index contributed by atoms with van der Waals surface area (Å²) in [6, 6.07) is 14.5. The Labute approximate surface area is 228 Å². The van der Waals surface area contributed by atoms with Gasteiger partial charge in [0.25, 0.3) is 5.56 Å². The molecule has 1 N–H and O–H groups in total. The zero-order chi connectivity index (χ0) is 27.2. The van der Waals surface area contributed by atoms with Gasteiger partial charge >= 0.3 is 0 Å². The van der Waals surface area contributed by atoms with E-state index in [1.165, 1.54) is 24.0 Å². The van der Waals surface area contributed by atoms with Crippen LogP contribution in [0.3, 0.4) is 0 Å². The van der Waals surface area contributed by atoms with Crippen LogP contribution in [0.1, 0.15) is 79.2 Å². The van der Waals surface area contributed by atoms with E-state index in [1.54, 1.807) is 36.9 Å². The van der Waals surface area contributed by atoms with Crippen LogP contribution in [0, 0.1) is 13.8 Å². The summed E-state index contributed by atoms with van der Waals surface area (Å²) in [5.74, 6) is 1.13. The van der Waals surface area contributed by atoms with Gasteiger partial charge in [-0.3, -0.25) is 14.3 Å². The van der Waals surface area contributed by atoms with Crippen LogP contribution in [0.25, 0.3) is 17.1 Å². The maximum atomic E-state index is 13.6. The largest absolute Gasteiger partial charge is 0.382 e. The average Bonchev–Trinajstić information content (AvgIpc) is 3.73. The van der Waals surface area contributed by atoms with Gasteiger partial charge in [0.2, 0.25) is 0 Å². The zero-order valence-corrected chi connectivity index (χ0v) is 23.3. The van der Waals surface area contributed by atoms with Gasteiger partial charge in [-0.2, -0.15) is 0 Å². The molecule has 1 atom stereocenters. The van der Waals surface area contributed by atoms with Crippen LogP contribution in [0.4, 0.5) is 0 Å². The van der Waals surface area contributed by atoms with Crippen molar-refractivity contribution >= 4 is 11.6 Å². The molecule has 196 valence electrons. The number of aromatic nitrogens is 4. The summed E-state index contributed by atoms with van der Waals surface area (Å²) in [6.45, 7) is 9.23. The lowest BCUT2D eigenvalue weighted by molar-refractivity contribution is 0.0688. The number of hydrogen-bond donors (Lipinski definition) is 1. The van der Waals surface area contributed by atoms with Gasteiger partial charge in [0.1, 0.15) is 10.6 Å². The molecule has 1 saturated carbocycles. The number of pyridine rings is 2. The first-order chi connectivity index (χ1) is 18.0. The van der Waals surface area contributed by atoms with Gasteiger partial charge in [-0.15, -0.1) is 0 Å². The average molecular weight is 529 g/mol. The number of aliphatic hydroxyl groups is 1. The molecule has 5 rings (SSSR count). The van der Waals surface area contributed by atoms with Gasteiger partial charge < -0.3 is 5.11 Å². The third-order valence-corrected chi connectivity index (χ3v) is 7.62. The molecule has 1 aromatic carbocycles. The van der Waals surface area contributed by atoms with E-state index in [2.05, 4.69) is 46.1 Å². The molecule has 38 heavy (non-hydrogen) atoms. The SMILES string of the molecule is Cc1cnc(-c2ccnc(C(C)(C)O)n2)cc1-n1c(C)cc(C(C)Cc2ccc(C3CC3)cc2)c(Cl)c1=O. The van der Waals surface area contributed by atoms with E-state index in [0.29, 0.717) is 22.9 Å². The second-order valence-corrected chi connectivity index (χ2v) is 11.4. The van der Waals surface area contributed by atoms with E-state index in [4.69, 9.17) is 11.6 Å². The fraction of sp³-hybridized carbons (Fsp3) is 0.355. The topological polar surface area (TPSA) is 80.9 Å². The van der Waals surface area contributed by atoms with Crippen molar-refractivity contribution in [3.05, 3.63) is 104 Å². The van der Waals surface area contributed by atoms with E-state index in [1.807, 2.05) is 26.0 Å². The number of rotatable bonds is 7. The van der Waals surface area contributed by atoms with Crippen molar-refractivity contribution in [1.29, 1.82) is 0 Å². The van der Waals surface area contributed by atoms with Crippen LogP contribution in [0.15, 0.2) is 59.7 Å². The van der Waals surface area contributed by atoms with Crippen LogP contribution >= 0.6 is 11.6 Å². The zero-order valence-electron chi connectivity index (χ0n) is 22.5. The van der Waals surface area contributed by atoms with Crippen LogP contribution in [-0.2, 0) is 12.0 Å². The summed E-state index contributed by atoms with van der Waals surface area (Å²) < 4.78 is 1.64. The Morgan fingerprint density at radius 3 is 2.45 bits per heavy atom. The lowest BCUT2D eigenvalue weighted by Gasteiger charge is -2.20. The highest BCUT2D eigenvalue weighted by Crippen LogP contribution is 2.40. The summed E-state index contributed by atoms with van der Waals surface area (Å²) in [7, 11) is 0. The minimum absolute atomic E-state index is 0.0886. The van der Waals surface area contributed by atoms with Crippen LogP contribution in [0.5, 0.6) is 0 Å². The minimum atomic E-state index is -1.18. The highest BCUT2D eigenvalue weighted by Gasteiger charge is 2.24. The van der Waals surface area contributed by atoms with Crippen molar-refractivity contribution in [2.45, 2.75) is 71.3 Å². The molecule has 1 fully saturated rings. The van der Waals surface area contributed by atoms with Crippen molar-refractivity contribution in [3.63, 3.8) is 0 Å². The second kappa shape index (κ2) is 10.1. The predicted molar refractivity (Wildman–Crippen MR) is 151 cm³/mol. The van der Waals surface area contributed by atoms with E-state index in [-0.39, 0.29) is 16.5 Å². The summed E-state index contributed by atoms with van der Waals surface area (Å²) in [5.41, 5.74) is 5.54. The molecule has 0 radical (unpaired) electrons. The van der Waals surface area contributed by atoms with E-state index >= 15 is 0 Å². The molecule has 0 spiro atoms. The van der Waals surface area contributed by atoms with Crippen LogP contribution in [-0.4, -0.2) is 24.6 Å². The second-order valence-electron chi connectivity index (χ2n) is 11.0. The number of halogens is 1. The molecule has 0 amide bonds. The highest BCUT2D eigenvalue weighted by atomic mass is 35.5. The summed E-state index contributed by atoms with van der Waals surface area (Å²) in [5, 5.41) is 10.6. The summed E-state index contributed by atoms with van der Waals surface area (Å²) in [4.78, 5) is 26.8. The Morgan fingerprint density at radius 1 is 1.08 bits per heavy atom. The third kappa shape index (κ3) is 5.29. The molecule has 0 aliphatic heterocycles. The van der Waals surface area contributed by atoms with Gasteiger partial charge in [0, 0.05) is 18.1 Å². The van der Waals surface area contributed by atoms with Crippen molar-refractivity contribution in [1.82, 2.24) is 19.5 Å². The van der Waals surface area contributed by atoms with Crippen molar-refractivity contribution in [2.24, 2.45) is 0 Å². The molecular weight excluding hydrogens is 496 g/mol. The van der Waals surface area contributed by atoms with Crippen molar-refractivity contribution < 1.29 is 5.11 Å². The first-order valence-electron chi connectivity index (χ1n) is 13.1. The fourth-order valence-corrected chi connectivity index (χ4v) is 5.21. The number of aryl methyl sites for hydroxylation is 2. The molecule has 0 saturated heterocycles. The summed E-state index contributed by atoms with van der Waals surface area (Å²) in [6.07, 6.45) is 6.71. The number of nitrogens with zero attached hydrogens (tertiary/aromatic N) is 4. The predicted octanol–water partition coefficient (Wildman–Crippen LogP) is 6.41. The number of benzene rings is 1. The quantitative estimate of drug-likeness (QED) is 0.300. The highest BCUT2D eigenvalue weighted by molar-refractivity contribution is 6.31. The molecular formula is C31H33ClN4O2. The van der Waals surface area contributed by atoms with E-state index in [9.17, 15) is 9.90 Å². The Balaban J connectivity index is 1.48. The van der Waals surface area contributed by atoms with Gasteiger partial charge in [-0.25, -0.2) is 9.97 Å². The molecule has 7 heteroatoms. The molecule has 3 heterocycles. The van der Waals surface area contributed by atoms with E-state index < -0.39 is 5.60 Å². The van der Waals surface area contributed by atoms with Crippen molar-refractivity contribution in [3.8, 4) is 17.1 Å². The van der Waals surface area contributed by atoms with Gasteiger partial charge in [0.15, 0.2) is 5.82 Å². The fourth-order valence-electron chi connectivity index (χ4n) is 4.89. The first-order valence-corrected chi connectivity index (χ1v) is 13.4. The van der Waals surface area contributed by atoms with Crippen LogP contribution < -0.4 is 5.56 Å². The molecule has 1 aliphatic rings. The standard InChI is InChI=1S/C31H33ClN4O2/c1-18(14-21-6-8-22(9-7-21)23-10-11-23)24-15-20(3)36(29(37)28(24)32)27-16-26(34-17-19(27)2)25-12-13-33-30(35-25)31(4,5)38/h6-9,12-13,15-18,23,38H,10-11,14H2,1-5H3. The molecule has 6 nitrogen and oxygen atoms in total. The van der Waals surface area contributed by atoms with Gasteiger partial charge in [0.05, 0.1) is 17.1 Å². The summed E-state index contributed by atoms with van der Waals surface area (Å²) >= 11 is 6.74. The van der Waals surface area contributed by atoms with E-state index in [0.717, 1.165) is 29.2 Å². The number of hydrogen-bond acceptors (Lipinski definition) is 5. The van der Waals surface area contributed by atoms with Crippen molar-refractivity contribution in [2.75, 3.05) is 0 Å². The van der Waals surface area contributed by atoms with Gasteiger partial charge in [-0.05, 0) is 99.2 Å². The lowest BCUT2D eigenvalue weighted by atomic mass is 9.93. The monoisotopic (exact) mass is 528 g/mol. The third-order valence-electron chi connectivity index (χ3n) is 7.24. The molecule has 4 aromatic rings. The minimum Gasteiger partial charge on any atom is -0.382 e.